The van der Waals surface area contributed by atoms with Gasteiger partial charge in [-0.3, -0.25) is 4.90 Å². The van der Waals surface area contributed by atoms with E-state index in [1.54, 1.807) is 0 Å². The summed E-state index contributed by atoms with van der Waals surface area (Å²) < 4.78 is 12.4. The van der Waals surface area contributed by atoms with Crippen molar-refractivity contribution in [3.63, 3.8) is 0 Å². The first-order chi connectivity index (χ1) is 11.7. The highest BCUT2D eigenvalue weighted by Gasteiger charge is 2.52. The van der Waals surface area contributed by atoms with Crippen molar-refractivity contribution < 1.29 is 9.31 Å². The van der Waals surface area contributed by atoms with Gasteiger partial charge in [0.05, 0.1) is 28.3 Å². The molecule has 3 heterocycles. The summed E-state index contributed by atoms with van der Waals surface area (Å²) in [6, 6.07) is 7.48. The van der Waals surface area contributed by atoms with Gasteiger partial charge in [-0.2, -0.15) is 0 Å². The number of aromatic nitrogens is 2. The molecule has 0 amide bonds. The van der Waals surface area contributed by atoms with E-state index in [0.29, 0.717) is 6.04 Å². The highest BCUT2D eigenvalue weighted by atomic mass is 16.7. The molecule has 6 heteroatoms. The molecule has 0 spiro atoms. The lowest BCUT2D eigenvalue weighted by molar-refractivity contribution is 0.00578. The highest BCUT2D eigenvalue weighted by molar-refractivity contribution is 6.62. The molecule has 1 aromatic carbocycles. The highest BCUT2D eigenvalue weighted by Crippen LogP contribution is 2.52. The third-order valence-electron chi connectivity index (χ3n) is 6.79. The maximum atomic E-state index is 6.18. The number of piperidine rings is 1. The number of benzene rings is 1. The molecule has 132 valence electrons. The Kier molecular flexibility index (Phi) is 3.09. The maximum Gasteiger partial charge on any atom is 0.494 e. The Labute approximate surface area is 149 Å². The molecule has 0 bridgehead atoms. The van der Waals surface area contributed by atoms with Crippen LogP contribution < -0.4 is 5.46 Å². The Morgan fingerprint density at radius 3 is 2.52 bits per heavy atom. The maximum absolute atomic E-state index is 6.18. The van der Waals surface area contributed by atoms with E-state index in [1.807, 2.05) is 0 Å². The Morgan fingerprint density at radius 1 is 1.16 bits per heavy atom. The van der Waals surface area contributed by atoms with Crippen molar-refractivity contribution in [2.75, 3.05) is 7.05 Å². The van der Waals surface area contributed by atoms with E-state index < -0.39 is 0 Å². The first kappa shape index (κ1) is 15.9. The van der Waals surface area contributed by atoms with Crippen LogP contribution in [0.25, 0.3) is 11.0 Å². The van der Waals surface area contributed by atoms with Gasteiger partial charge in [-0.05, 0) is 71.1 Å². The van der Waals surface area contributed by atoms with Crippen LogP contribution in [0.15, 0.2) is 18.2 Å². The van der Waals surface area contributed by atoms with Gasteiger partial charge in [-0.25, -0.2) is 4.98 Å². The number of aromatic amines is 1. The summed E-state index contributed by atoms with van der Waals surface area (Å²) in [6.07, 6.45) is 2.59. The van der Waals surface area contributed by atoms with Gasteiger partial charge in [0.25, 0.3) is 0 Å². The molecule has 1 aliphatic carbocycles. The summed E-state index contributed by atoms with van der Waals surface area (Å²) in [6.45, 7) is 8.34. The Hall–Kier alpha value is -1.37. The number of rotatable bonds is 2. The molecule has 3 atom stereocenters. The summed E-state index contributed by atoms with van der Waals surface area (Å²) in [5, 5.41) is 0. The third-order valence-corrected chi connectivity index (χ3v) is 6.79. The molecule has 3 unspecified atom stereocenters. The molecule has 1 N–H and O–H groups in total. The minimum atomic E-state index is -0.331. The molecule has 2 aromatic rings. The second kappa shape index (κ2) is 4.87. The Balaban J connectivity index is 1.45. The van der Waals surface area contributed by atoms with Crippen LogP contribution in [0.3, 0.4) is 0 Å². The standard InChI is InChI=1S/C19H26BN3O2/c1-18(2)19(3,4)25-20(24-18)12-6-7-13-14(10-12)22-17(21-13)16-9-11-8-15(11)23(16)5/h6-7,10-11,15-16H,8-9H2,1-5H3,(H,21,22). The van der Waals surface area contributed by atoms with Crippen molar-refractivity contribution in [3.05, 3.63) is 24.0 Å². The molecule has 5 rings (SSSR count). The van der Waals surface area contributed by atoms with E-state index in [4.69, 9.17) is 14.3 Å². The van der Waals surface area contributed by atoms with Gasteiger partial charge in [0.2, 0.25) is 0 Å². The Bertz CT molecular complexity index is 830. The molecule has 3 aliphatic rings. The van der Waals surface area contributed by atoms with E-state index in [9.17, 15) is 0 Å². The lowest BCUT2D eigenvalue weighted by Crippen LogP contribution is -2.41. The van der Waals surface area contributed by atoms with Crippen molar-refractivity contribution in [3.8, 4) is 0 Å². The minimum Gasteiger partial charge on any atom is -0.399 e. The van der Waals surface area contributed by atoms with Crippen LogP contribution in [0, 0.1) is 5.92 Å². The molecular weight excluding hydrogens is 313 g/mol. The normalized spacial score (nSPS) is 33.2. The molecule has 1 saturated carbocycles. The van der Waals surface area contributed by atoms with E-state index in [2.05, 4.69) is 62.8 Å². The van der Waals surface area contributed by atoms with E-state index >= 15 is 0 Å². The van der Waals surface area contributed by atoms with Crippen LogP contribution in [-0.2, 0) is 9.31 Å². The molecule has 3 fully saturated rings. The fourth-order valence-electron chi connectivity index (χ4n) is 4.30. The van der Waals surface area contributed by atoms with Crippen LogP contribution >= 0.6 is 0 Å². The summed E-state index contributed by atoms with van der Waals surface area (Å²) in [5.74, 6) is 1.97. The fraction of sp³-hybridized carbons (Fsp3) is 0.632. The van der Waals surface area contributed by atoms with Crippen molar-refractivity contribution in [1.82, 2.24) is 14.9 Å². The zero-order valence-electron chi connectivity index (χ0n) is 15.7. The zero-order valence-corrected chi connectivity index (χ0v) is 15.7. The first-order valence-corrected chi connectivity index (χ1v) is 9.32. The number of hydrogen-bond donors (Lipinski definition) is 1. The van der Waals surface area contributed by atoms with Crippen LogP contribution in [0.2, 0.25) is 0 Å². The van der Waals surface area contributed by atoms with Gasteiger partial charge in [0, 0.05) is 6.04 Å². The van der Waals surface area contributed by atoms with Gasteiger partial charge in [-0.1, -0.05) is 6.07 Å². The molecule has 25 heavy (non-hydrogen) atoms. The van der Waals surface area contributed by atoms with Gasteiger partial charge in [0.15, 0.2) is 0 Å². The SMILES string of the molecule is CN1C(c2nc3ccc(B4OC(C)(C)C(C)(C)O4)cc3[nH]2)CC2CC21. The Morgan fingerprint density at radius 2 is 1.88 bits per heavy atom. The lowest BCUT2D eigenvalue weighted by Gasteiger charge is -2.32. The van der Waals surface area contributed by atoms with Crippen LogP contribution in [0.1, 0.15) is 52.4 Å². The molecule has 5 nitrogen and oxygen atoms in total. The van der Waals surface area contributed by atoms with Gasteiger partial charge < -0.3 is 14.3 Å². The zero-order chi connectivity index (χ0) is 17.6. The van der Waals surface area contributed by atoms with Crippen molar-refractivity contribution in [2.45, 2.75) is 63.8 Å². The number of nitrogens with one attached hydrogen (secondary N) is 1. The summed E-state index contributed by atoms with van der Waals surface area (Å²) in [7, 11) is 1.90. The second-order valence-electron chi connectivity index (χ2n) is 8.97. The van der Waals surface area contributed by atoms with Gasteiger partial charge in [0.1, 0.15) is 5.82 Å². The van der Waals surface area contributed by atoms with Crippen LogP contribution in [-0.4, -0.2) is 46.3 Å². The number of fused-ring (bicyclic) bond motifs is 2. The van der Waals surface area contributed by atoms with Gasteiger partial charge in [-0.15, -0.1) is 0 Å². The van der Waals surface area contributed by atoms with Crippen LogP contribution in [0.4, 0.5) is 0 Å². The van der Waals surface area contributed by atoms with Gasteiger partial charge >= 0.3 is 7.12 Å². The average molecular weight is 339 g/mol. The molecule has 2 saturated heterocycles. The van der Waals surface area contributed by atoms with E-state index in [1.165, 1.54) is 12.8 Å². The quantitative estimate of drug-likeness (QED) is 0.855. The largest absolute Gasteiger partial charge is 0.494 e. The van der Waals surface area contributed by atoms with E-state index in [-0.39, 0.29) is 18.3 Å². The number of hydrogen-bond acceptors (Lipinski definition) is 4. The van der Waals surface area contributed by atoms with Crippen molar-refractivity contribution in [2.24, 2.45) is 5.92 Å². The van der Waals surface area contributed by atoms with Crippen molar-refractivity contribution >= 4 is 23.6 Å². The average Bonchev–Trinajstić information content (AvgIpc) is 2.96. The monoisotopic (exact) mass is 339 g/mol. The topological polar surface area (TPSA) is 50.4 Å². The predicted molar refractivity (Wildman–Crippen MR) is 98.8 cm³/mol. The molecule has 1 aromatic heterocycles. The van der Waals surface area contributed by atoms with Crippen LogP contribution in [0.5, 0.6) is 0 Å². The smallest absolute Gasteiger partial charge is 0.399 e. The number of H-pyrrole nitrogens is 1. The van der Waals surface area contributed by atoms with Crippen molar-refractivity contribution in [1.29, 1.82) is 0 Å². The lowest BCUT2D eigenvalue weighted by atomic mass is 9.79. The summed E-state index contributed by atoms with van der Waals surface area (Å²) in [4.78, 5) is 10.9. The first-order valence-electron chi connectivity index (χ1n) is 9.32. The number of nitrogens with zero attached hydrogens (tertiary/aromatic N) is 2. The summed E-state index contributed by atoms with van der Waals surface area (Å²) >= 11 is 0. The number of imidazole rings is 1. The predicted octanol–water partition coefficient (Wildman–Crippen LogP) is 2.63. The molecule has 2 aliphatic heterocycles. The van der Waals surface area contributed by atoms with E-state index in [0.717, 1.165) is 34.3 Å². The molecule has 0 radical (unpaired) electrons. The third kappa shape index (κ3) is 2.31. The molecular formula is C19H26BN3O2. The fourth-order valence-corrected chi connectivity index (χ4v) is 4.30. The second-order valence-corrected chi connectivity index (χ2v) is 8.97. The minimum absolute atomic E-state index is 0.320. The summed E-state index contributed by atoms with van der Waals surface area (Å²) in [5.41, 5.74) is 2.49. The number of likely N-dealkylation sites (tertiary alicyclic amines) is 1.